The third kappa shape index (κ3) is 4.46. The number of nitriles is 1. The predicted molar refractivity (Wildman–Crippen MR) is 107 cm³/mol. The van der Waals surface area contributed by atoms with Crippen LogP contribution in [0.15, 0.2) is 78.5 Å². The third-order valence-corrected chi connectivity index (χ3v) is 4.44. The van der Waals surface area contributed by atoms with Gasteiger partial charge in [0.15, 0.2) is 0 Å². The number of nitrogens with one attached hydrogen (secondary N) is 1. The fraction of sp³-hybridized carbons (Fsp3) is 0.0909. The van der Waals surface area contributed by atoms with Gasteiger partial charge in [0.1, 0.15) is 11.6 Å². The number of hydrogen-bond acceptors (Lipinski definition) is 2. The molecule has 0 radical (unpaired) electrons. The highest BCUT2D eigenvalue weighted by Gasteiger charge is 2.14. The topological polar surface area (TPSA) is 57.8 Å². The van der Waals surface area contributed by atoms with E-state index in [4.69, 9.17) is 11.6 Å². The van der Waals surface area contributed by atoms with Crippen LogP contribution in [0.5, 0.6) is 0 Å². The van der Waals surface area contributed by atoms with Gasteiger partial charge in [0.2, 0.25) is 0 Å². The van der Waals surface area contributed by atoms with Gasteiger partial charge in [0.25, 0.3) is 5.91 Å². The molecule has 4 nitrogen and oxygen atoms in total. The lowest BCUT2D eigenvalue weighted by Gasteiger charge is -2.14. The van der Waals surface area contributed by atoms with Crippen LogP contribution in [0.3, 0.4) is 0 Å². The molecular formula is C22H18ClN3O. The van der Waals surface area contributed by atoms with Crippen molar-refractivity contribution in [3.63, 3.8) is 0 Å². The Bertz CT molecular complexity index is 998. The summed E-state index contributed by atoms with van der Waals surface area (Å²) in [6.45, 7) is 1.89. The van der Waals surface area contributed by atoms with Gasteiger partial charge in [-0.3, -0.25) is 4.79 Å². The van der Waals surface area contributed by atoms with E-state index in [0.29, 0.717) is 5.02 Å². The Kier molecular flexibility index (Phi) is 5.75. The number of aromatic nitrogens is 1. The second-order valence-corrected chi connectivity index (χ2v) is 6.49. The molecule has 3 aromatic rings. The van der Waals surface area contributed by atoms with Crippen molar-refractivity contribution in [3.8, 4) is 11.8 Å². The maximum atomic E-state index is 12.5. The zero-order valence-electron chi connectivity index (χ0n) is 14.8. The van der Waals surface area contributed by atoms with E-state index >= 15 is 0 Å². The fourth-order valence-corrected chi connectivity index (χ4v) is 2.87. The highest BCUT2D eigenvalue weighted by atomic mass is 35.5. The first-order chi connectivity index (χ1) is 13.1. The van der Waals surface area contributed by atoms with Crippen LogP contribution < -0.4 is 5.32 Å². The Balaban J connectivity index is 1.83. The smallest absolute Gasteiger partial charge is 0.262 e. The maximum Gasteiger partial charge on any atom is 0.262 e. The van der Waals surface area contributed by atoms with Crippen molar-refractivity contribution in [1.29, 1.82) is 5.26 Å². The monoisotopic (exact) mass is 375 g/mol. The number of nitrogens with zero attached hydrogens (tertiary/aromatic N) is 2. The van der Waals surface area contributed by atoms with E-state index in [1.807, 2.05) is 78.4 Å². The van der Waals surface area contributed by atoms with Crippen molar-refractivity contribution >= 4 is 23.6 Å². The quantitative estimate of drug-likeness (QED) is 0.508. The molecule has 0 aliphatic heterocycles. The summed E-state index contributed by atoms with van der Waals surface area (Å²) in [5, 5.41) is 13.0. The third-order valence-electron chi connectivity index (χ3n) is 4.19. The van der Waals surface area contributed by atoms with E-state index < -0.39 is 5.91 Å². The highest BCUT2D eigenvalue weighted by Crippen LogP contribution is 2.19. The number of carbonyl (C=O) groups excluding carboxylic acids is 1. The zero-order chi connectivity index (χ0) is 19.2. The van der Waals surface area contributed by atoms with Crippen molar-refractivity contribution in [3.05, 3.63) is 94.8 Å². The van der Waals surface area contributed by atoms with Crippen LogP contribution in [0, 0.1) is 11.3 Å². The van der Waals surface area contributed by atoms with Gasteiger partial charge in [-0.05, 0) is 55.0 Å². The number of halogens is 1. The van der Waals surface area contributed by atoms with E-state index in [0.717, 1.165) is 16.9 Å². The Morgan fingerprint density at radius 2 is 1.81 bits per heavy atom. The first-order valence-corrected chi connectivity index (χ1v) is 8.87. The summed E-state index contributed by atoms with van der Waals surface area (Å²) >= 11 is 5.94. The summed E-state index contributed by atoms with van der Waals surface area (Å²) in [4.78, 5) is 12.5. The number of benzene rings is 2. The fourth-order valence-electron chi connectivity index (χ4n) is 2.74. The number of hydrogen-bond donors (Lipinski definition) is 1. The van der Waals surface area contributed by atoms with E-state index in [1.54, 1.807) is 18.2 Å². The van der Waals surface area contributed by atoms with Gasteiger partial charge in [-0.2, -0.15) is 5.26 Å². The Morgan fingerprint density at radius 3 is 2.48 bits per heavy atom. The van der Waals surface area contributed by atoms with Gasteiger partial charge in [-0.25, -0.2) is 0 Å². The minimum Gasteiger partial charge on any atom is -0.345 e. The van der Waals surface area contributed by atoms with Crippen LogP contribution in [0.25, 0.3) is 11.8 Å². The summed E-state index contributed by atoms with van der Waals surface area (Å²) in [7, 11) is 0. The van der Waals surface area contributed by atoms with Gasteiger partial charge in [0.05, 0.1) is 6.04 Å². The summed E-state index contributed by atoms with van der Waals surface area (Å²) in [6.07, 6.45) is 3.45. The highest BCUT2D eigenvalue weighted by molar-refractivity contribution is 6.30. The Labute approximate surface area is 163 Å². The Morgan fingerprint density at radius 1 is 1.11 bits per heavy atom. The van der Waals surface area contributed by atoms with E-state index in [2.05, 4.69) is 5.32 Å². The van der Waals surface area contributed by atoms with Gasteiger partial charge in [-0.1, -0.05) is 41.9 Å². The molecule has 1 heterocycles. The molecular weight excluding hydrogens is 358 g/mol. The van der Waals surface area contributed by atoms with E-state index in [-0.39, 0.29) is 11.6 Å². The first-order valence-electron chi connectivity index (χ1n) is 8.49. The largest absolute Gasteiger partial charge is 0.345 e. The number of rotatable bonds is 5. The lowest BCUT2D eigenvalue weighted by atomic mass is 10.1. The molecule has 0 aliphatic carbocycles. The molecule has 27 heavy (non-hydrogen) atoms. The molecule has 0 fully saturated rings. The molecule has 0 spiro atoms. The van der Waals surface area contributed by atoms with Gasteiger partial charge < -0.3 is 9.88 Å². The summed E-state index contributed by atoms with van der Waals surface area (Å²) in [6, 6.07) is 22.5. The van der Waals surface area contributed by atoms with Crippen molar-refractivity contribution in [1.82, 2.24) is 9.88 Å². The summed E-state index contributed by atoms with van der Waals surface area (Å²) in [5.41, 5.74) is 2.65. The maximum absolute atomic E-state index is 12.5. The molecule has 0 aliphatic rings. The minimum atomic E-state index is -0.405. The molecule has 0 bridgehead atoms. The number of amides is 1. The number of carbonyl (C=O) groups is 1. The van der Waals surface area contributed by atoms with Crippen LogP contribution in [0.2, 0.25) is 5.02 Å². The Hall–Kier alpha value is -3.29. The molecule has 5 heteroatoms. The molecule has 1 N–H and O–H groups in total. The van der Waals surface area contributed by atoms with Gasteiger partial charge in [-0.15, -0.1) is 0 Å². The average Bonchev–Trinajstić information content (AvgIpc) is 3.15. The predicted octanol–water partition coefficient (Wildman–Crippen LogP) is 4.92. The molecule has 1 amide bonds. The van der Waals surface area contributed by atoms with E-state index in [1.165, 1.54) is 0 Å². The van der Waals surface area contributed by atoms with Crippen molar-refractivity contribution in [2.45, 2.75) is 13.0 Å². The molecule has 3 rings (SSSR count). The van der Waals surface area contributed by atoms with Crippen LogP contribution in [0.4, 0.5) is 0 Å². The minimum absolute atomic E-state index is 0.0479. The normalized spacial score (nSPS) is 12.3. The van der Waals surface area contributed by atoms with Crippen molar-refractivity contribution in [2.75, 3.05) is 0 Å². The molecule has 134 valence electrons. The molecule has 2 aromatic carbocycles. The van der Waals surface area contributed by atoms with Crippen molar-refractivity contribution in [2.24, 2.45) is 0 Å². The average molecular weight is 376 g/mol. The molecule has 1 atom stereocenters. The SMILES string of the molecule is C[C@@H](NC(=O)/C(C#N)=C\c1cccn1-c1ccc(Cl)cc1)c1ccccc1. The van der Waals surface area contributed by atoms with Gasteiger partial charge >= 0.3 is 0 Å². The lowest BCUT2D eigenvalue weighted by molar-refractivity contribution is -0.117. The second-order valence-electron chi connectivity index (χ2n) is 6.06. The molecule has 1 aromatic heterocycles. The molecule has 0 unspecified atom stereocenters. The van der Waals surface area contributed by atoms with E-state index in [9.17, 15) is 10.1 Å². The molecule has 0 saturated heterocycles. The summed E-state index contributed by atoms with van der Waals surface area (Å²) < 4.78 is 1.89. The van der Waals surface area contributed by atoms with Crippen LogP contribution >= 0.6 is 11.6 Å². The first kappa shape index (κ1) is 18.5. The second kappa shape index (κ2) is 8.39. The lowest BCUT2D eigenvalue weighted by Crippen LogP contribution is -2.27. The summed E-state index contributed by atoms with van der Waals surface area (Å²) in [5.74, 6) is -0.405. The van der Waals surface area contributed by atoms with Crippen LogP contribution in [0.1, 0.15) is 24.2 Å². The zero-order valence-corrected chi connectivity index (χ0v) is 15.5. The van der Waals surface area contributed by atoms with Crippen molar-refractivity contribution < 1.29 is 4.79 Å². The molecule has 0 saturated carbocycles. The van der Waals surface area contributed by atoms with Gasteiger partial charge in [0, 0.05) is 22.6 Å². The van der Waals surface area contributed by atoms with Crippen LogP contribution in [-0.2, 0) is 4.79 Å². The van der Waals surface area contributed by atoms with Crippen LogP contribution in [-0.4, -0.2) is 10.5 Å². The standard InChI is InChI=1S/C22H18ClN3O/c1-16(17-6-3-2-4-7-17)25-22(27)18(15-24)14-21-8-5-13-26(21)20-11-9-19(23)10-12-20/h2-14,16H,1H3,(H,25,27)/b18-14-/t16-/m1/s1.